The maximum Gasteiger partial charge on any atom is 0.191 e. The summed E-state index contributed by atoms with van der Waals surface area (Å²) in [5.41, 5.74) is 4.47. The van der Waals surface area contributed by atoms with E-state index in [-0.39, 0.29) is 24.0 Å². The Kier molecular flexibility index (Phi) is 11.0. The predicted molar refractivity (Wildman–Crippen MR) is 119 cm³/mol. The van der Waals surface area contributed by atoms with E-state index < -0.39 is 0 Å². The number of nitrogens with zero attached hydrogens (tertiary/aromatic N) is 2. The highest BCUT2D eigenvalue weighted by molar-refractivity contribution is 14.0. The Balaban J connectivity index is 0.00000364. The highest BCUT2D eigenvalue weighted by Crippen LogP contribution is 2.15. The number of aryl methyl sites for hydroxylation is 2. The molecule has 7 heteroatoms. The number of aromatic nitrogens is 1. The third kappa shape index (κ3) is 7.14. The molecule has 0 saturated carbocycles. The minimum absolute atomic E-state index is 0. The van der Waals surface area contributed by atoms with Crippen LogP contribution in [0.4, 0.5) is 0 Å². The smallest absolute Gasteiger partial charge is 0.191 e. The van der Waals surface area contributed by atoms with Gasteiger partial charge < -0.3 is 19.9 Å². The molecule has 0 fully saturated rings. The summed E-state index contributed by atoms with van der Waals surface area (Å²) < 4.78 is 10.6. The molecule has 150 valence electrons. The molecule has 0 spiro atoms. The fraction of sp³-hybridized carbons (Fsp3) is 0.500. The summed E-state index contributed by atoms with van der Waals surface area (Å²) in [6.07, 6.45) is 1.70. The van der Waals surface area contributed by atoms with E-state index in [0.29, 0.717) is 19.7 Å². The van der Waals surface area contributed by atoms with Crippen molar-refractivity contribution in [2.45, 2.75) is 53.3 Å². The van der Waals surface area contributed by atoms with Gasteiger partial charge in [-0.05, 0) is 24.5 Å². The molecule has 1 aromatic carbocycles. The van der Waals surface area contributed by atoms with Crippen LogP contribution in [-0.4, -0.2) is 24.8 Å². The van der Waals surface area contributed by atoms with Crippen LogP contribution in [0.15, 0.2) is 33.8 Å². The number of methoxy groups -OCH3 is 1. The average Bonchev–Trinajstić information content (AvgIpc) is 3.06. The number of halogens is 1. The first-order valence-corrected chi connectivity index (χ1v) is 9.26. The summed E-state index contributed by atoms with van der Waals surface area (Å²) >= 11 is 0. The summed E-state index contributed by atoms with van der Waals surface area (Å²) in [5.74, 6) is 1.73. The van der Waals surface area contributed by atoms with Crippen molar-refractivity contribution in [3.63, 3.8) is 0 Å². The summed E-state index contributed by atoms with van der Waals surface area (Å²) in [4.78, 5) is 4.70. The Morgan fingerprint density at radius 1 is 1.15 bits per heavy atom. The van der Waals surface area contributed by atoms with E-state index in [1.165, 1.54) is 0 Å². The van der Waals surface area contributed by atoms with Crippen molar-refractivity contribution in [2.24, 2.45) is 4.99 Å². The van der Waals surface area contributed by atoms with Gasteiger partial charge in [0.1, 0.15) is 5.76 Å². The van der Waals surface area contributed by atoms with E-state index in [4.69, 9.17) is 14.3 Å². The van der Waals surface area contributed by atoms with Gasteiger partial charge in [0, 0.05) is 32.2 Å². The van der Waals surface area contributed by atoms with E-state index in [2.05, 4.69) is 54.8 Å². The van der Waals surface area contributed by atoms with Crippen molar-refractivity contribution >= 4 is 29.9 Å². The lowest BCUT2D eigenvalue weighted by Gasteiger charge is -2.12. The summed E-state index contributed by atoms with van der Waals surface area (Å²) in [7, 11) is 1.71. The Hall–Kier alpha value is -1.61. The zero-order chi connectivity index (χ0) is 18.8. The van der Waals surface area contributed by atoms with Crippen LogP contribution in [-0.2, 0) is 37.3 Å². The molecule has 1 heterocycles. The van der Waals surface area contributed by atoms with Crippen LogP contribution in [0.2, 0.25) is 0 Å². The Bertz CT molecular complexity index is 694. The average molecular weight is 486 g/mol. The SMILES string of the molecule is CCNC(=NCc1cccc(COC)c1)NCc1c(CC)noc1CC.I. The molecule has 0 aliphatic carbocycles. The van der Waals surface area contributed by atoms with Crippen LogP contribution in [0.3, 0.4) is 0 Å². The molecule has 2 aromatic rings. The van der Waals surface area contributed by atoms with Crippen molar-refractivity contribution in [3.05, 3.63) is 52.4 Å². The van der Waals surface area contributed by atoms with Crippen LogP contribution < -0.4 is 10.6 Å². The van der Waals surface area contributed by atoms with E-state index >= 15 is 0 Å². The molecule has 0 radical (unpaired) electrons. The van der Waals surface area contributed by atoms with Crippen molar-refractivity contribution in [1.29, 1.82) is 0 Å². The second-order valence-corrected chi connectivity index (χ2v) is 6.04. The highest BCUT2D eigenvalue weighted by atomic mass is 127. The summed E-state index contributed by atoms with van der Waals surface area (Å²) in [6.45, 7) is 8.92. The second-order valence-electron chi connectivity index (χ2n) is 6.04. The van der Waals surface area contributed by atoms with Gasteiger partial charge in [-0.15, -0.1) is 24.0 Å². The van der Waals surface area contributed by atoms with Crippen LogP contribution in [0.5, 0.6) is 0 Å². The number of hydrogen-bond donors (Lipinski definition) is 2. The van der Waals surface area contributed by atoms with Crippen LogP contribution in [0.1, 0.15) is 48.9 Å². The number of nitrogens with one attached hydrogen (secondary N) is 2. The summed E-state index contributed by atoms with van der Waals surface area (Å²) in [5, 5.41) is 10.9. The Labute approximate surface area is 179 Å². The monoisotopic (exact) mass is 486 g/mol. The number of aliphatic imine (C=N–C) groups is 1. The molecule has 0 atom stereocenters. The van der Waals surface area contributed by atoms with Gasteiger partial charge in [-0.2, -0.15) is 0 Å². The molecule has 1 aromatic heterocycles. The number of hydrogen-bond acceptors (Lipinski definition) is 4. The molecule has 0 bridgehead atoms. The van der Waals surface area contributed by atoms with Gasteiger partial charge in [0.25, 0.3) is 0 Å². The van der Waals surface area contributed by atoms with Gasteiger partial charge in [-0.25, -0.2) is 4.99 Å². The van der Waals surface area contributed by atoms with Crippen LogP contribution in [0, 0.1) is 0 Å². The lowest BCUT2D eigenvalue weighted by molar-refractivity contribution is 0.185. The fourth-order valence-electron chi connectivity index (χ4n) is 2.81. The molecule has 2 N–H and O–H groups in total. The number of benzene rings is 1. The predicted octanol–water partition coefficient (Wildman–Crippen LogP) is 3.82. The minimum Gasteiger partial charge on any atom is -0.380 e. The molecule has 0 aliphatic heterocycles. The van der Waals surface area contributed by atoms with E-state index in [1.54, 1.807) is 7.11 Å². The Morgan fingerprint density at radius 3 is 2.59 bits per heavy atom. The van der Waals surface area contributed by atoms with Gasteiger partial charge in [0.15, 0.2) is 5.96 Å². The normalized spacial score (nSPS) is 11.2. The van der Waals surface area contributed by atoms with Crippen LogP contribution in [0.25, 0.3) is 0 Å². The first kappa shape index (κ1) is 23.4. The lowest BCUT2D eigenvalue weighted by Crippen LogP contribution is -2.37. The molecule has 27 heavy (non-hydrogen) atoms. The van der Waals surface area contributed by atoms with Gasteiger partial charge in [-0.3, -0.25) is 0 Å². The molecule has 0 unspecified atom stereocenters. The van der Waals surface area contributed by atoms with Gasteiger partial charge in [-0.1, -0.05) is 43.3 Å². The van der Waals surface area contributed by atoms with Gasteiger partial charge in [0.2, 0.25) is 0 Å². The molecular weight excluding hydrogens is 455 g/mol. The van der Waals surface area contributed by atoms with Crippen molar-refractivity contribution in [3.8, 4) is 0 Å². The van der Waals surface area contributed by atoms with E-state index in [9.17, 15) is 0 Å². The largest absolute Gasteiger partial charge is 0.380 e. The zero-order valence-corrected chi connectivity index (χ0v) is 19.0. The topological polar surface area (TPSA) is 71.7 Å². The van der Waals surface area contributed by atoms with Gasteiger partial charge >= 0.3 is 0 Å². The quantitative estimate of drug-likeness (QED) is 0.321. The van der Waals surface area contributed by atoms with Crippen molar-refractivity contribution < 1.29 is 9.26 Å². The highest BCUT2D eigenvalue weighted by Gasteiger charge is 2.13. The third-order valence-corrected chi connectivity index (χ3v) is 4.11. The molecular formula is C20H31IN4O2. The zero-order valence-electron chi connectivity index (χ0n) is 16.7. The maximum atomic E-state index is 5.43. The fourth-order valence-corrected chi connectivity index (χ4v) is 2.81. The third-order valence-electron chi connectivity index (χ3n) is 4.11. The van der Waals surface area contributed by atoms with Crippen molar-refractivity contribution in [2.75, 3.05) is 13.7 Å². The maximum absolute atomic E-state index is 5.43. The number of rotatable bonds is 9. The molecule has 2 rings (SSSR count). The van der Waals surface area contributed by atoms with E-state index in [1.807, 2.05) is 6.07 Å². The molecule has 0 amide bonds. The summed E-state index contributed by atoms with van der Waals surface area (Å²) in [6, 6.07) is 8.31. The molecule has 0 saturated heterocycles. The standard InChI is InChI=1S/C20H30N4O2.HI/c1-5-18-17(19(6-2)26-24-18)13-23-20(21-7-3)22-12-15-9-8-10-16(11-15)14-25-4;/h8-11H,5-7,12-14H2,1-4H3,(H2,21,22,23);1H. The second kappa shape index (κ2) is 12.7. The minimum atomic E-state index is 0. The molecule has 6 nitrogen and oxygen atoms in total. The number of guanidine groups is 1. The lowest BCUT2D eigenvalue weighted by atomic mass is 10.1. The first-order valence-electron chi connectivity index (χ1n) is 9.26. The van der Waals surface area contributed by atoms with Gasteiger partial charge in [0.05, 0.1) is 18.8 Å². The number of ether oxygens (including phenoxy) is 1. The van der Waals surface area contributed by atoms with Crippen LogP contribution >= 0.6 is 24.0 Å². The van der Waals surface area contributed by atoms with E-state index in [0.717, 1.165) is 53.5 Å². The first-order chi connectivity index (χ1) is 12.7. The molecule has 0 aliphatic rings. The Morgan fingerprint density at radius 2 is 1.93 bits per heavy atom. The van der Waals surface area contributed by atoms with Crippen molar-refractivity contribution in [1.82, 2.24) is 15.8 Å².